The molecule has 0 saturated heterocycles. The Bertz CT molecular complexity index is 1020. The first-order valence-corrected chi connectivity index (χ1v) is 8.37. The molecule has 0 radical (unpaired) electrons. The van der Waals surface area contributed by atoms with Gasteiger partial charge in [0.25, 0.3) is 11.5 Å². The minimum atomic E-state index is -0.674. The van der Waals surface area contributed by atoms with Gasteiger partial charge in [-0.2, -0.15) is 0 Å². The Hall–Kier alpha value is -3.28. The van der Waals surface area contributed by atoms with Crippen LogP contribution in [0.15, 0.2) is 53.3 Å². The van der Waals surface area contributed by atoms with Crippen LogP contribution in [-0.2, 0) is 6.54 Å². The van der Waals surface area contributed by atoms with Crippen LogP contribution < -0.4 is 15.6 Å². The van der Waals surface area contributed by atoms with Gasteiger partial charge in [-0.25, -0.2) is 0 Å². The molecule has 6 nitrogen and oxygen atoms in total. The number of para-hydroxylation sites is 3. The molecule has 0 unspecified atom stereocenters. The number of aromatic hydroxyl groups is 1. The lowest BCUT2D eigenvalue weighted by Gasteiger charge is -2.15. The lowest BCUT2D eigenvalue weighted by atomic mass is 10.1. The number of aryl methyl sites for hydroxylation is 1. The molecule has 3 rings (SSSR count). The second-order valence-electron chi connectivity index (χ2n) is 5.85. The van der Waals surface area contributed by atoms with Gasteiger partial charge in [0.2, 0.25) is 0 Å². The predicted octanol–water partition coefficient (Wildman–Crippen LogP) is 3.38. The van der Waals surface area contributed by atoms with E-state index in [1.807, 2.05) is 6.92 Å². The van der Waals surface area contributed by atoms with Crippen molar-refractivity contribution in [2.75, 3.05) is 12.4 Å². The molecular weight excluding hydrogens is 332 g/mol. The highest BCUT2D eigenvalue weighted by Gasteiger charge is 2.22. The zero-order valence-corrected chi connectivity index (χ0v) is 14.7. The standard InChI is InChI=1S/C20H20N2O4/c1-3-12-22-15-10-6-4-8-13(15)18(23)17(20(22)25)19(24)21-14-9-5-7-11-16(14)26-2/h4-11,23H,3,12H2,1-2H3,(H,21,24). The molecule has 0 saturated carbocycles. The number of fused-ring (bicyclic) bond motifs is 1. The van der Waals surface area contributed by atoms with Crippen LogP contribution in [0.1, 0.15) is 23.7 Å². The van der Waals surface area contributed by atoms with Crippen molar-refractivity contribution in [2.24, 2.45) is 0 Å². The molecule has 2 N–H and O–H groups in total. The Morgan fingerprint density at radius 1 is 1.15 bits per heavy atom. The summed E-state index contributed by atoms with van der Waals surface area (Å²) >= 11 is 0. The normalized spacial score (nSPS) is 10.7. The van der Waals surface area contributed by atoms with Gasteiger partial charge in [0, 0.05) is 11.9 Å². The van der Waals surface area contributed by atoms with Crippen molar-refractivity contribution in [1.29, 1.82) is 0 Å². The topological polar surface area (TPSA) is 80.6 Å². The van der Waals surface area contributed by atoms with Gasteiger partial charge in [0.15, 0.2) is 0 Å². The number of nitrogens with zero attached hydrogens (tertiary/aromatic N) is 1. The fourth-order valence-electron chi connectivity index (χ4n) is 2.97. The predicted molar refractivity (Wildman–Crippen MR) is 101 cm³/mol. The Morgan fingerprint density at radius 2 is 1.85 bits per heavy atom. The molecule has 0 fully saturated rings. The van der Waals surface area contributed by atoms with Crippen molar-refractivity contribution in [2.45, 2.75) is 19.9 Å². The number of nitrogens with one attached hydrogen (secondary N) is 1. The van der Waals surface area contributed by atoms with Crippen LogP contribution in [0, 0.1) is 0 Å². The highest BCUT2D eigenvalue weighted by atomic mass is 16.5. The first kappa shape index (κ1) is 17.5. The van der Waals surface area contributed by atoms with Gasteiger partial charge in [-0.3, -0.25) is 9.59 Å². The summed E-state index contributed by atoms with van der Waals surface area (Å²) in [5, 5.41) is 13.7. The maximum absolute atomic E-state index is 12.9. The number of amides is 1. The zero-order valence-electron chi connectivity index (χ0n) is 14.7. The highest BCUT2D eigenvalue weighted by Crippen LogP contribution is 2.28. The first-order chi connectivity index (χ1) is 12.6. The summed E-state index contributed by atoms with van der Waals surface area (Å²) in [6.45, 7) is 2.40. The lowest BCUT2D eigenvalue weighted by molar-refractivity contribution is 0.102. The number of carbonyl (C=O) groups is 1. The third-order valence-corrected chi connectivity index (χ3v) is 4.18. The molecule has 0 aliphatic rings. The lowest BCUT2D eigenvalue weighted by Crippen LogP contribution is -2.29. The van der Waals surface area contributed by atoms with Crippen LogP contribution in [0.4, 0.5) is 5.69 Å². The quantitative estimate of drug-likeness (QED) is 0.738. The summed E-state index contributed by atoms with van der Waals surface area (Å²) in [6.07, 6.45) is 0.724. The smallest absolute Gasteiger partial charge is 0.267 e. The number of carbonyl (C=O) groups excluding carboxylic acids is 1. The van der Waals surface area contributed by atoms with Crippen molar-refractivity contribution < 1.29 is 14.6 Å². The summed E-state index contributed by atoms with van der Waals surface area (Å²) in [7, 11) is 1.49. The van der Waals surface area contributed by atoms with Crippen LogP contribution >= 0.6 is 0 Å². The van der Waals surface area contributed by atoms with Gasteiger partial charge < -0.3 is 19.7 Å². The Morgan fingerprint density at radius 3 is 2.58 bits per heavy atom. The molecule has 0 bridgehead atoms. The summed E-state index contributed by atoms with van der Waals surface area (Å²) in [4.78, 5) is 25.7. The second-order valence-corrected chi connectivity index (χ2v) is 5.85. The van der Waals surface area contributed by atoms with Gasteiger partial charge in [-0.15, -0.1) is 0 Å². The summed E-state index contributed by atoms with van der Waals surface area (Å²) in [6, 6.07) is 13.9. The minimum absolute atomic E-state index is 0.275. The van der Waals surface area contributed by atoms with E-state index in [2.05, 4.69) is 5.32 Å². The van der Waals surface area contributed by atoms with E-state index in [4.69, 9.17) is 4.74 Å². The van der Waals surface area contributed by atoms with Crippen molar-refractivity contribution in [3.8, 4) is 11.5 Å². The van der Waals surface area contributed by atoms with E-state index in [9.17, 15) is 14.7 Å². The van der Waals surface area contributed by atoms with Crippen LogP contribution in [0.25, 0.3) is 10.9 Å². The Labute approximate surface area is 150 Å². The average molecular weight is 352 g/mol. The van der Waals surface area contributed by atoms with E-state index in [0.29, 0.717) is 28.9 Å². The number of pyridine rings is 1. The number of hydrogen-bond donors (Lipinski definition) is 2. The van der Waals surface area contributed by atoms with Crippen LogP contribution in [0.3, 0.4) is 0 Å². The number of anilines is 1. The molecular formula is C20H20N2O4. The molecule has 3 aromatic rings. The van der Waals surface area contributed by atoms with Gasteiger partial charge >= 0.3 is 0 Å². The van der Waals surface area contributed by atoms with Crippen molar-refractivity contribution >= 4 is 22.5 Å². The van der Waals surface area contributed by atoms with Crippen LogP contribution in [-0.4, -0.2) is 22.7 Å². The maximum atomic E-state index is 12.9. The van der Waals surface area contributed by atoms with Crippen molar-refractivity contribution in [3.05, 3.63) is 64.4 Å². The highest BCUT2D eigenvalue weighted by molar-refractivity contribution is 6.09. The molecule has 0 aliphatic carbocycles. The Balaban J connectivity index is 2.15. The molecule has 0 atom stereocenters. The van der Waals surface area contributed by atoms with Gasteiger partial charge in [-0.1, -0.05) is 31.2 Å². The fourth-order valence-corrected chi connectivity index (χ4v) is 2.97. The fraction of sp³-hybridized carbons (Fsp3) is 0.200. The van der Waals surface area contributed by atoms with Crippen LogP contribution in [0.2, 0.25) is 0 Å². The third kappa shape index (κ3) is 3.01. The van der Waals surface area contributed by atoms with E-state index in [1.54, 1.807) is 48.5 Å². The maximum Gasteiger partial charge on any atom is 0.267 e. The van der Waals surface area contributed by atoms with Crippen molar-refractivity contribution in [1.82, 2.24) is 4.57 Å². The zero-order chi connectivity index (χ0) is 18.7. The average Bonchev–Trinajstić information content (AvgIpc) is 2.65. The molecule has 134 valence electrons. The molecule has 6 heteroatoms. The Kier molecular flexibility index (Phi) is 4.93. The second kappa shape index (κ2) is 7.31. The van der Waals surface area contributed by atoms with E-state index in [1.165, 1.54) is 11.7 Å². The molecule has 1 aromatic heterocycles. The summed E-state index contributed by atoms with van der Waals surface area (Å²) in [5.74, 6) is -0.520. The third-order valence-electron chi connectivity index (χ3n) is 4.18. The molecule has 1 heterocycles. The number of rotatable bonds is 5. The van der Waals surface area contributed by atoms with E-state index >= 15 is 0 Å². The summed E-state index contributed by atoms with van der Waals surface area (Å²) in [5.41, 5.74) is 0.234. The minimum Gasteiger partial charge on any atom is -0.506 e. The monoisotopic (exact) mass is 352 g/mol. The first-order valence-electron chi connectivity index (χ1n) is 8.37. The summed E-state index contributed by atoms with van der Waals surface area (Å²) < 4.78 is 6.73. The van der Waals surface area contributed by atoms with E-state index in [0.717, 1.165) is 6.42 Å². The number of benzene rings is 2. The SMILES string of the molecule is CCCn1c(=O)c(C(=O)Nc2ccccc2OC)c(O)c2ccccc21. The number of aromatic nitrogens is 1. The van der Waals surface area contributed by atoms with Gasteiger partial charge in [0.05, 0.1) is 18.3 Å². The van der Waals surface area contributed by atoms with Gasteiger partial charge in [-0.05, 0) is 30.7 Å². The molecule has 0 spiro atoms. The van der Waals surface area contributed by atoms with Gasteiger partial charge in [0.1, 0.15) is 17.1 Å². The molecule has 1 amide bonds. The molecule has 2 aromatic carbocycles. The van der Waals surface area contributed by atoms with E-state index in [-0.39, 0.29) is 11.3 Å². The molecule has 26 heavy (non-hydrogen) atoms. The number of hydrogen-bond acceptors (Lipinski definition) is 4. The number of ether oxygens (including phenoxy) is 1. The van der Waals surface area contributed by atoms with Crippen LogP contribution in [0.5, 0.6) is 11.5 Å². The largest absolute Gasteiger partial charge is 0.506 e. The van der Waals surface area contributed by atoms with E-state index < -0.39 is 11.5 Å². The number of methoxy groups -OCH3 is 1. The molecule has 0 aliphatic heterocycles. The van der Waals surface area contributed by atoms with Crippen molar-refractivity contribution in [3.63, 3.8) is 0 Å².